The van der Waals surface area contributed by atoms with E-state index in [1.54, 1.807) is 0 Å². The van der Waals surface area contributed by atoms with E-state index in [1.165, 1.54) is 44.9 Å². The first kappa shape index (κ1) is 13.9. The van der Waals surface area contributed by atoms with Crippen molar-refractivity contribution in [3.8, 4) is 0 Å². The minimum absolute atomic E-state index is 0.520. The summed E-state index contributed by atoms with van der Waals surface area (Å²) in [5, 5.41) is 11.1. The minimum atomic E-state index is 0.520. The van der Waals surface area contributed by atoms with Crippen LogP contribution < -0.4 is 10.2 Å². The molecule has 0 unspecified atom stereocenters. The predicted molar refractivity (Wildman–Crippen MR) is 81.1 cm³/mol. The average molecular weight is 277 g/mol. The number of nitrogens with zero attached hydrogens (tertiary/aromatic N) is 3. The molecule has 1 saturated heterocycles. The lowest BCUT2D eigenvalue weighted by Gasteiger charge is -2.30. The number of H-pyrrole nitrogens is 1. The topological polar surface area (TPSA) is 56.8 Å². The number of anilines is 1. The number of aromatic nitrogens is 3. The van der Waals surface area contributed by atoms with Gasteiger partial charge >= 0.3 is 0 Å². The molecule has 3 rings (SSSR count). The molecule has 5 heteroatoms. The molecule has 1 aliphatic carbocycles. The zero-order valence-corrected chi connectivity index (χ0v) is 12.6. The molecule has 2 N–H and O–H groups in total. The zero-order chi connectivity index (χ0) is 13.8. The van der Waals surface area contributed by atoms with E-state index in [1.807, 2.05) is 0 Å². The Hall–Kier alpha value is -1.10. The lowest BCUT2D eigenvalue weighted by Crippen LogP contribution is -2.49. The Morgan fingerprint density at radius 1 is 1.10 bits per heavy atom. The standard InChI is InChI=1S/C15H27N5/c1-12-11-20(10-9-16-12)15-17-14(18-19-15)13-7-5-3-2-4-6-8-13/h12-13,16H,2-11H2,1H3,(H,17,18,19)/t12-/m1/s1. The third-order valence-corrected chi connectivity index (χ3v) is 4.63. The van der Waals surface area contributed by atoms with Crippen molar-refractivity contribution < 1.29 is 0 Å². The average Bonchev–Trinajstić information content (AvgIpc) is 2.88. The van der Waals surface area contributed by atoms with Gasteiger partial charge in [-0.3, -0.25) is 5.10 Å². The number of hydrogen-bond acceptors (Lipinski definition) is 4. The van der Waals surface area contributed by atoms with Crippen LogP contribution in [0.4, 0.5) is 5.95 Å². The van der Waals surface area contributed by atoms with Crippen molar-refractivity contribution in [1.29, 1.82) is 0 Å². The van der Waals surface area contributed by atoms with Crippen molar-refractivity contribution >= 4 is 5.95 Å². The fraction of sp³-hybridized carbons (Fsp3) is 0.867. The lowest BCUT2D eigenvalue weighted by atomic mass is 9.91. The molecule has 0 spiro atoms. The van der Waals surface area contributed by atoms with Gasteiger partial charge in [-0.1, -0.05) is 32.1 Å². The second kappa shape index (κ2) is 6.57. The van der Waals surface area contributed by atoms with Crippen LogP contribution in [-0.4, -0.2) is 40.9 Å². The Morgan fingerprint density at radius 2 is 1.85 bits per heavy atom. The number of piperazine rings is 1. The molecule has 1 aromatic heterocycles. The second-order valence-corrected chi connectivity index (χ2v) is 6.36. The summed E-state index contributed by atoms with van der Waals surface area (Å²) in [6, 6.07) is 0.520. The quantitative estimate of drug-likeness (QED) is 0.871. The summed E-state index contributed by atoms with van der Waals surface area (Å²) in [4.78, 5) is 7.09. The highest BCUT2D eigenvalue weighted by atomic mass is 15.4. The first-order valence-electron chi connectivity index (χ1n) is 8.23. The Balaban J connectivity index is 1.65. The summed E-state index contributed by atoms with van der Waals surface area (Å²) in [6.07, 6.45) is 9.39. The number of hydrogen-bond donors (Lipinski definition) is 2. The van der Waals surface area contributed by atoms with Crippen molar-refractivity contribution in [3.05, 3.63) is 5.82 Å². The molecule has 2 fully saturated rings. The third-order valence-electron chi connectivity index (χ3n) is 4.63. The van der Waals surface area contributed by atoms with Gasteiger partial charge in [0.25, 0.3) is 0 Å². The highest BCUT2D eigenvalue weighted by molar-refractivity contribution is 5.30. The summed E-state index contributed by atoms with van der Waals surface area (Å²) in [7, 11) is 0. The molecule has 0 aromatic carbocycles. The fourth-order valence-electron chi connectivity index (χ4n) is 3.43. The van der Waals surface area contributed by atoms with Crippen LogP contribution in [0.1, 0.15) is 63.6 Å². The van der Waals surface area contributed by atoms with Crippen molar-refractivity contribution in [3.63, 3.8) is 0 Å². The summed E-state index contributed by atoms with van der Waals surface area (Å²) < 4.78 is 0. The maximum atomic E-state index is 4.80. The maximum Gasteiger partial charge on any atom is 0.244 e. The van der Waals surface area contributed by atoms with Gasteiger partial charge in [0.2, 0.25) is 5.95 Å². The molecule has 2 heterocycles. The molecule has 5 nitrogen and oxygen atoms in total. The van der Waals surface area contributed by atoms with E-state index in [-0.39, 0.29) is 0 Å². The van der Waals surface area contributed by atoms with Gasteiger partial charge < -0.3 is 10.2 Å². The summed E-state index contributed by atoms with van der Waals surface area (Å²) in [5.41, 5.74) is 0. The molecule has 2 aliphatic rings. The molecule has 112 valence electrons. The van der Waals surface area contributed by atoms with Crippen molar-refractivity contribution in [2.24, 2.45) is 0 Å². The van der Waals surface area contributed by atoms with Gasteiger partial charge in [-0.05, 0) is 19.8 Å². The minimum Gasteiger partial charge on any atom is -0.337 e. The van der Waals surface area contributed by atoms with Gasteiger partial charge in [0.05, 0.1) is 0 Å². The maximum absolute atomic E-state index is 4.80. The molecule has 1 saturated carbocycles. The van der Waals surface area contributed by atoms with Crippen LogP contribution in [0.5, 0.6) is 0 Å². The molecular formula is C15H27N5. The number of rotatable bonds is 2. The van der Waals surface area contributed by atoms with E-state index in [0.29, 0.717) is 12.0 Å². The van der Waals surface area contributed by atoms with E-state index in [9.17, 15) is 0 Å². The van der Waals surface area contributed by atoms with E-state index >= 15 is 0 Å². The Morgan fingerprint density at radius 3 is 2.60 bits per heavy atom. The first-order chi connectivity index (χ1) is 9.83. The normalized spacial score (nSPS) is 26.2. The van der Waals surface area contributed by atoms with Gasteiger partial charge in [0.1, 0.15) is 5.82 Å². The van der Waals surface area contributed by atoms with Crippen molar-refractivity contribution in [2.75, 3.05) is 24.5 Å². The van der Waals surface area contributed by atoms with E-state index in [2.05, 4.69) is 27.3 Å². The van der Waals surface area contributed by atoms with E-state index < -0.39 is 0 Å². The summed E-state index contributed by atoms with van der Waals surface area (Å²) in [5.74, 6) is 2.61. The SMILES string of the molecule is C[C@@H]1CN(c2n[nH]c(C3CCCCCCC3)n2)CCN1. The third kappa shape index (κ3) is 3.32. The van der Waals surface area contributed by atoms with Crippen LogP contribution in [-0.2, 0) is 0 Å². The van der Waals surface area contributed by atoms with Crippen molar-refractivity contribution in [2.45, 2.75) is 63.8 Å². The van der Waals surface area contributed by atoms with Crippen LogP contribution in [0, 0.1) is 0 Å². The molecule has 0 radical (unpaired) electrons. The molecule has 20 heavy (non-hydrogen) atoms. The van der Waals surface area contributed by atoms with Gasteiger partial charge in [-0.25, -0.2) is 0 Å². The molecule has 1 aromatic rings. The second-order valence-electron chi connectivity index (χ2n) is 6.36. The van der Waals surface area contributed by atoms with Crippen LogP contribution in [0.15, 0.2) is 0 Å². The molecule has 0 amide bonds. The molecular weight excluding hydrogens is 250 g/mol. The Kier molecular flexibility index (Phi) is 4.55. The number of aromatic amines is 1. The zero-order valence-electron chi connectivity index (χ0n) is 12.6. The lowest BCUT2D eigenvalue weighted by molar-refractivity contribution is 0.443. The molecule has 1 atom stereocenters. The Bertz CT molecular complexity index is 408. The van der Waals surface area contributed by atoms with Crippen molar-refractivity contribution in [1.82, 2.24) is 20.5 Å². The number of nitrogens with one attached hydrogen (secondary N) is 2. The van der Waals surface area contributed by atoms with Gasteiger partial charge in [-0.15, -0.1) is 5.10 Å². The van der Waals surface area contributed by atoms with Crippen LogP contribution in [0.3, 0.4) is 0 Å². The van der Waals surface area contributed by atoms with Gasteiger partial charge in [0.15, 0.2) is 0 Å². The van der Waals surface area contributed by atoms with Crippen LogP contribution in [0.25, 0.3) is 0 Å². The highest BCUT2D eigenvalue weighted by Crippen LogP contribution is 2.29. The van der Waals surface area contributed by atoms with Gasteiger partial charge in [0, 0.05) is 31.6 Å². The van der Waals surface area contributed by atoms with Gasteiger partial charge in [-0.2, -0.15) is 4.98 Å². The monoisotopic (exact) mass is 277 g/mol. The molecule has 0 bridgehead atoms. The Labute approximate surface area is 121 Å². The smallest absolute Gasteiger partial charge is 0.244 e. The first-order valence-corrected chi connectivity index (χ1v) is 8.23. The largest absolute Gasteiger partial charge is 0.337 e. The highest BCUT2D eigenvalue weighted by Gasteiger charge is 2.22. The van der Waals surface area contributed by atoms with E-state index in [0.717, 1.165) is 31.4 Å². The summed E-state index contributed by atoms with van der Waals surface area (Å²) >= 11 is 0. The van der Waals surface area contributed by atoms with E-state index in [4.69, 9.17) is 4.98 Å². The van der Waals surface area contributed by atoms with Crippen LogP contribution in [0.2, 0.25) is 0 Å². The summed E-state index contributed by atoms with van der Waals surface area (Å²) in [6.45, 7) is 5.25. The van der Waals surface area contributed by atoms with Crippen LogP contribution >= 0.6 is 0 Å². The predicted octanol–water partition coefficient (Wildman–Crippen LogP) is 2.43. The fourth-order valence-corrected chi connectivity index (χ4v) is 3.43. The molecule has 1 aliphatic heterocycles.